The second-order valence-corrected chi connectivity index (χ2v) is 5.78. The number of pyridine rings is 1. The van der Waals surface area contributed by atoms with E-state index in [9.17, 15) is 4.79 Å². The number of hydrazine groups is 1. The Balaban J connectivity index is 1.67. The van der Waals surface area contributed by atoms with E-state index >= 15 is 0 Å². The molecule has 3 atom stereocenters. The minimum atomic E-state index is 0.0901. The number of aliphatic hydroxyl groups excluding tert-OH is 1. The molecule has 2 aliphatic rings. The number of aliphatic hydroxyl groups is 1. The van der Waals surface area contributed by atoms with Crippen molar-refractivity contribution >= 4 is 5.91 Å². The molecule has 1 amide bonds. The van der Waals surface area contributed by atoms with Gasteiger partial charge in [0.1, 0.15) is 0 Å². The molecule has 0 radical (unpaired) electrons. The smallest absolute Gasteiger partial charge is 0.254 e. The zero-order chi connectivity index (χ0) is 14.7. The Morgan fingerprint density at radius 3 is 2.95 bits per heavy atom. The fourth-order valence-corrected chi connectivity index (χ4v) is 3.37. The highest BCUT2D eigenvalue weighted by Crippen LogP contribution is 2.26. The van der Waals surface area contributed by atoms with Gasteiger partial charge in [-0.2, -0.15) is 0 Å². The van der Waals surface area contributed by atoms with Crippen LogP contribution in [-0.4, -0.2) is 52.2 Å². The number of likely N-dealkylation sites (tertiary alicyclic amines) is 1. The van der Waals surface area contributed by atoms with Crippen molar-refractivity contribution in [1.82, 2.24) is 20.7 Å². The van der Waals surface area contributed by atoms with E-state index in [1.807, 2.05) is 4.90 Å². The van der Waals surface area contributed by atoms with Gasteiger partial charge in [-0.1, -0.05) is 0 Å². The Bertz CT molecular complexity index is 482. The zero-order valence-electron chi connectivity index (χ0n) is 12.0. The molecule has 3 heterocycles. The fraction of sp³-hybridized carbons (Fsp3) is 0.600. The topological polar surface area (TPSA) is 77.5 Å². The van der Waals surface area contributed by atoms with E-state index < -0.39 is 0 Å². The predicted octanol–water partition coefficient (Wildman–Crippen LogP) is 0.304. The van der Waals surface area contributed by atoms with Gasteiger partial charge in [0.15, 0.2) is 0 Å². The molecule has 114 valence electrons. The van der Waals surface area contributed by atoms with Crippen molar-refractivity contribution < 1.29 is 9.90 Å². The summed E-state index contributed by atoms with van der Waals surface area (Å²) in [6, 6.07) is 4.31. The molecule has 0 aliphatic carbocycles. The predicted molar refractivity (Wildman–Crippen MR) is 78.5 cm³/mol. The molecule has 3 N–H and O–H groups in total. The summed E-state index contributed by atoms with van der Waals surface area (Å²) in [7, 11) is 0. The van der Waals surface area contributed by atoms with Gasteiger partial charge in [0, 0.05) is 49.2 Å². The summed E-state index contributed by atoms with van der Waals surface area (Å²) in [5, 5.41) is 9.03. The van der Waals surface area contributed by atoms with Gasteiger partial charge in [0.25, 0.3) is 5.91 Å². The molecule has 3 unspecified atom stereocenters. The van der Waals surface area contributed by atoms with Crippen LogP contribution in [0.15, 0.2) is 24.5 Å². The molecule has 1 aromatic rings. The molecule has 0 bridgehead atoms. The van der Waals surface area contributed by atoms with Crippen LogP contribution in [0.2, 0.25) is 0 Å². The normalized spacial score (nSPS) is 29.0. The van der Waals surface area contributed by atoms with Crippen molar-refractivity contribution in [2.75, 3.05) is 13.2 Å². The molecular weight excluding hydrogens is 268 g/mol. The first kappa shape index (κ1) is 14.4. The first-order valence-corrected chi connectivity index (χ1v) is 7.62. The van der Waals surface area contributed by atoms with Gasteiger partial charge in [-0.25, -0.2) is 0 Å². The first-order chi connectivity index (χ1) is 10.3. The number of aromatic nitrogens is 1. The average molecular weight is 290 g/mol. The molecule has 2 fully saturated rings. The van der Waals surface area contributed by atoms with Gasteiger partial charge in [-0.15, -0.1) is 0 Å². The van der Waals surface area contributed by atoms with Gasteiger partial charge < -0.3 is 10.0 Å². The quantitative estimate of drug-likeness (QED) is 0.743. The summed E-state index contributed by atoms with van der Waals surface area (Å²) in [6.07, 6.45) is 7.09. The van der Waals surface area contributed by atoms with Crippen LogP contribution in [0.25, 0.3) is 0 Å². The lowest BCUT2D eigenvalue weighted by Crippen LogP contribution is -2.48. The maximum Gasteiger partial charge on any atom is 0.254 e. The van der Waals surface area contributed by atoms with Crippen molar-refractivity contribution in [3.8, 4) is 0 Å². The summed E-state index contributed by atoms with van der Waals surface area (Å²) < 4.78 is 0. The van der Waals surface area contributed by atoms with Crippen molar-refractivity contribution in [2.24, 2.45) is 0 Å². The number of hydrogen-bond donors (Lipinski definition) is 3. The molecule has 0 aromatic carbocycles. The summed E-state index contributed by atoms with van der Waals surface area (Å²) >= 11 is 0. The number of hydrogen-bond acceptors (Lipinski definition) is 5. The maximum atomic E-state index is 12.6. The molecule has 3 rings (SSSR count). The SMILES string of the molecule is O=C(c1ccncc1)N1CCCC1C1CC(CCO)NN1. The molecular formula is C15H22N4O2. The van der Waals surface area contributed by atoms with Crippen LogP contribution in [0.5, 0.6) is 0 Å². The number of amides is 1. The minimum Gasteiger partial charge on any atom is -0.396 e. The molecule has 2 saturated heterocycles. The maximum absolute atomic E-state index is 12.6. The van der Waals surface area contributed by atoms with E-state index in [2.05, 4.69) is 15.8 Å². The van der Waals surface area contributed by atoms with Crippen molar-refractivity contribution in [3.05, 3.63) is 30.1 Å². The van der Waals surface area contributed by atoms with Gasteiger partial charge >= 0.3 is 0 Å². The van der Waals surface area contributed by atoms with E-state index in [-0.39, 0.29) is 24.6 Å². The Labute approximate surface area is 124 Å². The molecule has 0 saturated carbocycles. The van der Waals surface area contributed by atoms with E-state index in [0.717, 1.165) is 32.2 Å². The van der Waals surface area contributed by atoms with E-state index in [1.54, 1.807) is 24.5 Å². The molecule has 1 aromatic heterocycles. The summed E-state index contributed by atoms with van der Waals surface area (Å²) in [4.78, 5) is 18.6. The minimum absolute atomic E-state index is 0.0901. The van der Waals surface area contributed by atoms with Gasteiger partial charge in [-0.05, 0) is 37.8 Å². The third kappa shape index (κ3) is 3.07. The van der Waals surface area contributed by atoms with Crippen molar-refractivity contribution in [3.63, 3.8) is 0 Å². The lowest BCUT2D eigenvalue weighted by atomic mass is 9.99. The molecule has 2 aliphatic heterocycles. The van der Waals surface area contributed by atoms with Crippen LogP contribution < -0.4 is 10.9 Å². The highest BCUT2D eigenvalue weighted by Gasteiger charge is 2.38. The highest BCUT2D eigenvalue weighted by molar-refractivity contribution is 5.94. The Morgan fingerprint density at radius 2 is 2.19 bits per heavy atom. The monoisotopic (exact) mass is 290 g/mol. The fourth-order valence-electron chi connectivity index (χ4n) is 3.37. The molecule has 6 heteroatoms. The van der Waals surface area contributed by atoms with E-state index in [1.165, 1.54) is 0 Å². The van der Waals surface area contributed by atoms with Gasteiger partial charge in [0.05, 0.1) is 0 Å². The largest absolute Gasteiger partial charge is 0.396 e. The number of nitrogens with zero attached hydrogens (tertiary/aromatic N) is 2. The molecule has 0 spiro atoms. The van der Waals surface area contributed by atoms with Crippen molar-refractivity contribution in [2.45, 2.75) is 43.8 Å². The number of nitrogens with one attached hydrogen (secondary N) is 2. The van der Waals surface area contributed by atoms with Crippen LogP contribution in [0.4, 0.5) is 0 Å². The highest BCUT2D eigenvalue weighted by atomic mass is 16.3. The Morgan fingerprint density at radius 1 is 1.38 bits per heavy atom. The van der Waals surface area contributed by atoms with Gasteiger partial charge in [0.2, 0.25) is 0 Å². The Kier molecular flexibility index (Phi) is 4.48. The van der Waals surface area contributed by atoms with Crippen molar-refractivity contribution in [1.29, 1.82) is 0 Å². The number of carbonyl (C=O) groups is 1. The average Bonchev–Trinajstić information content (AvgIpc) is 3.16. The van der Waals surface area contributed by atoms with Gasteiger partial charge in [-0.3, -0.25) is 20.6 Å². The second-order valence-electron chi connectivity index (χ2n) is 5.78. The van der Waals surface area contributed by atoms with E-state index in [0.29, 0.717) is 11.6 Å². The second kappa shape index (κ2) is 6.51. The molecule has 6 nitrogen and oxygen atoms in total. The van der Waals surface area contributed by atoms with E-state index in [4.69, 9.17) is 5.11 Å². The third-order valence-corrected chi connectivity index (χ3v) is 4.44. The number of carbonyl (C=O) groups excluding carboxylic acids is 1. The van der Waals surface area contributed by atoms with Crippen LogP contribution in [0.1, 0.15) is 36.0 Å². The summed E-state index contributed by atoms with van der Waals surface area (Å²) in [5.74, 6) is 0.0901. The van der Waals surface area contributed by atoms with Crippen LogP contribution in [0, 0.1) is 0 Å². The zero-order valence-corrected chi connectivity index (χ0v) is 12.0. The summed E-state index contributed by atoms with van der Waals surface area (Å²) in [6.45, 7) is 1.01. The lowest BCUT2D eigenvalue weighted by Gasteiger charge is -2.29. The summed E-state index contributed by atoms with van der Waals surface area (Å²) in [5.41, 5.74) is 7.23. The Hall–Kier alpha value is -1.50. The lowest BCUT2D eigenvalue weighted by molar-refractivity contribution is 0.0709. The number of rotatable bonds is 4. The van der Waals surface area contributed by atoms with Crippen LogP contribution in [0.3, 0.4) is 0 Å². The van der Waals surface area contributed by atoms with Crippen LogP contribution in [-0.2, 0) is 0 Å². The molecule has 21 heavy (non-hydrogen) atoms. The van der Waals surface area contributed by atoms with Crippen LogP contribution >= 0.6 is 0 Å². The first-order valence-electron chi connectivity index (χ1n) is 7.62. The standard InChI is InChI=1S/C15H22N4O2/c20-9-5-12-10-13(18-17-12)14-2-1-8-19(14)15(21)11-3-6-16-7-4-11/h3-4,6-7,12-14,17-18,20H,1-2,5,8-10H2. The third-order valence-electron chi connectivity index (χ3n) is 4.44.